The third kappa shape index (κ3) is 30.8. The molecule has 0 saturated carbocycles. The first kappa shape index (κ1) is 31.2. The molecule has 0 bridgehead atoms. The van der Waals surface area contributed by atoms with Crippen molar-refractivity contribution < 1.29 is 26.9 Å². The molecule has 0 atom stereocenters. The van der Waals surface area contributed by atoms with Gasteiger partial charge in [-0.25, -0.2) is 0 Å². The Bertz CT molecular complexity index is 196. The zero-order valence-corrected chi connectivity index (χ0v) is 18.2. The van der Waals surface area contributed by atoms with Crippen molar-refractivity contribution in [2.75, 3.05) is 27.7 Å². The molecule has 0 saturated heterocycles. The topological polar surface area (TPSA) is 66.5 Å². The Hall–Kier alpha value is 0.360. The molecule has 0 aromatic rings. The lowest BCUT2D eigenvalue weighted by Crippen LogP contribution is -3.00. The van der Waals surface area contributed by atoms with Crippen LogP contribution in [0.2, 0.25) is 0 Å². The van der Waals surface area contributed by atoms with Crippen LogP contribution in [-0.4, -0.2) is 37.6 Å². The predicted octanol–water partition coefficient (Wildman–Crippen LogP) is 2.52. The minimum absolute atomic E-state index is 0. The van der Waals surface area contributed by atoms with Crippen LogP contribution in [0.4, 0.5) is 0 Å². The normalized spacial score (nSPS) is 10.4. The van der Waals surface area contributed by atoms with Crippen LogP contribution in [-0.2, 0) is 0 Å². The highest BCUT2D eigenvalue weighted by Gasteiger charge is 2.04. The molecule has 146 valence electrons. The lowest BCUT2D eigenvalue weighted by molar-refractivity contribution is -0.870. The second-order valence-corrected chi connectivity index (χ2v) is 7.61. The van der Waals surface area contributed by atoms with Gasteiger partial charge in [0.05, 0.1) is 27.7 Å². The van der Waals surface area contributed by atoms with E-state index in [1.165, 1.54) is 96.4 Å². The van der Waals surface area contributed by atoms with E-state index < -0.39 is 0 Å². The molecule has 0 spiro atoms. The molecule has 5 N–H and O–H groups in total. The number of hydrogen-bond donors (Lipinski definition) is 1. The fourth-order valence-electron chi connectivity index (χ4n) is 2.78. The zero-order chi connectivity index (χ0) is 15.1. The van der Waals surface area contributed by atoms with Gasteiger partial charge in [0.15, 0.2) is 0 Å². The number of hydrogen-bond acceptors (Lipinski definition) is 1. The van der Waals surface area contributed by atoms with Gasteiger partial charge in [-0.15, -0.1) is 0 Å². The molecule has 3 nitrogen and oxygen atoms in total. The van der Waals surface area contributed by atoms with Gasteiger partial charge in [-0.3, -0.25) is 0 Å². The summed E-state index contributed by atoms with van der Waals surface area (Å²) in [5, 5.41) is 0. The Labute approximate surface area is 157 Å². The van der Waals surface area contributed by atoms with Gasteiger partial charge in [0, 0.05) is 0 Å². The summed E-state index contributed by atoms with van der Waals surface area (Å²) in [6, 6.07) is 0. The number of halogens is 1. The molecule has 0 fully saturated rings. The van der Waals surface area contributed by atoms with Crippen LogP contribution in [0.3, 0.4) is 0 Å². The van der Waals surface area contributed by atoms with Crippen molar-refractivity contribution in [1.29, 1.82) is 0 Å². The van der Waals surface area contributed by atoms with Gasteiger partial charge >= 0.3 is 0 Å². The van der Waals surface area contributed by atoms with Crippen LogP contribution in [0.15, 0.2) is 0 Å². The Morgan fingerprint density at radius 1 is 0.522 bits per heavy atom. The quantitative estimate of drug-likeness (QED) is 0.334. The summed E-state index contributed by atoms with van der Waals surface area (Å²) in [6.07, 6.45) is 20.4. The van der Waals surface area contributed by atoms with Crippen LogP contribution in [0.1, 0.15) is 96.8 Å². The maximum atomic E-state index is 2.29. The molecular formula is C19H47BrN2O. The van der Waals surface area contributed by atoms with Crippen LogP contribution in [0.5, 0.6) is 0 Å². The lowest BCUT2D eigenvalue weighted by Gasteiger charge is -2.23. The van der Waals surface area contributed by atoms with Crippen molar-refractivity contribution >= 4 is 0 Å². The molecule has 0 aliphatic carbocycles. The second kappa shape index (κ2) is 22.4. The largest absolute Gasteiger partial charge is 1.00 e. The summed E-state index contributed by atoms with van der Waals surface area (Å²) in [6.45, 7) is 3.63. The van der Waals surface area contributed by atoms with Gasteiger partial charge in [0.1, 0.15) is 0 Å². The highest BCUT2D eigenvalue weighted by molar-refractivity contribution is 4.49. The van der Waals surface area contributed by atoms with Crippen LogP contribution in [0.25, 0.3) is 0 Å². The van der Waals surface area contributed by atoms with Gasteiger partial charge in [0.25, 0.3) is 0 Å². The van der Waals surface area contributed by atoms with Crippen molar-refractivity contribution in [3.63, 3.8) is 0 Å². The molecule has 0 rings (SSSR count). The van der Waals surface area contributed by atoms with E-state index in [0.717, 1.165) is 4.48 Å². The maximum absolute atomic E-state index is 2.29. The first-order chi connectivity index (χ1) is 9.56. The van der Waals surface area contributed by atoms with Crippen molar-refractivity contribution in [2.24, 2.45) is 0 Å². The Kier molecular flexibility index (Phi) is 30.3. The number of rotatable bonds is 15. The van der Waals surface area contributed by atoms with Crippen LogP contribution in [0, 0.1) is 0 Å². The Morgan fingerprint density at radius 3 is 1.04 bits per heavy atom. The standard InChI is InChI=1S/C19H42N.BrH.H3N.H2O/c1-5-6-7-8-9-10-11-12-13-14-15-16-17-18-19-20(2,3)4;;;/h5-19H2,1-4H3;1H;1H3;1H2/q+1;;;/p-1. The first-order valence-electron chi connectivity index (χ1n) is 9.36. The fourth-order valence-corrected chi connectivity index (χ4v) is 2.78. The van der Waals surface area contributed by atoms with Gasteiger partial charge in [-0.2, -0.15) is 0 Å². The molecule has 0 heterocycles. The van der Waals surface area contributed by atoms with E-state index in [4.69, 9.17) is 0 Å². The summed E-state index contributed by atoms with van der Waals surface area (Å²) >= 11 is 0. The number of quaternary nitrogens is 1. The van der Waals surface area contributed by atoms with E-state index in [1.54, 1.807) is 0 Å². The summed E-state index contributed by atoms with van der Waals surface area (Å²) in [5.41, 5.74) is 0. The molecule has 0 radical (unpaired) electrons. The Balaban J connectivity index is -0.000000602. The zero-order valence-electron chi connectivity index (χ0n) is 16.6. The average molecular weight is 400 g/mol. The summed E-state index contributed by atoms with van der Waals surface area (Å²) in [5.74, 6) is 0. The highest BCUT2D eigenvalue weighted by Crippen LogP contribution is 2.13. The Morgan fingerprint density at radius 2 is 0.783 bits per heavy atom. The third-order valence-electron chi connectivity index (χ3n) is 4.18. The minimum atomic E-state index is 0. The monoisotopic (exact) mass is 398 g/mol. The van der Waals surface area contributed by atoms with Crippen LogP contribution >= 0.6 is 0 Å². The summed E-state index contributed by atoms with van der Waals surface area (Å²) < 4.78 is 1.12. The van der Waals surface area contributed by atoms with E-state index >= 15 is 0 Å². The van der Waals surface area contributed by atoms with E-state index in [0.29, 0.717) is 0 Å². The third-order valence-corrected chi connectivity index (χ3v) is 4.18. The van der Waals surface area contributed by atoms with Crippen LogP contribution < -0.4 is 23.1 Å². The second-order valence-electron chi connectivity index (χ2n) is 7.61. The van der Waals surface area contributed by atoms with Gasteiger partial charge in [-0.05, 0) is 12.8 Å². The summed E-state index contributed by atoms with van der Waals surface area (Å²) in [7, 11) is 6.88. The van der Waals surface area contributed by atoms with Crippen molar-refractivity contribution in [3.05, 3.63) is 0 Å². The smallest absolute Gasteiger partial charge is 0.0780 e. The average Bonchev–Trinajstić information content (AvgIpc) is 2.38. The molecule has 0 aliphatic rings. The maximum Gasteiger partial charge on any atom is 0.0780 e. The molecule has 0 aromatic heterocycles. The highest BCUT2D eigenvalue weighted by atomic mass is 79.9. The van der Waals surface area contributed by atoms with Crippen molar-refractivity contribution in [1.82, 2.24) is 6.15 Å². The molecule has 0 aliphatic heterocycles. The molecular weight excluding hydrogens is 352 g/mol. The SMILES string of the molecule is CCCCCCCCCCCCCCCC[N+](C)(C)C.N.O.[Br-]. The molecule has 0 amide bonds. The predicted molar refractivity (Wildman–Crippen MR) is 102 cm³/mol. The summed E-state index contributed by atoms with van der Waals surface area (Å²) in [4.78, 5) is 0. The molecule has 0 unspecified atom stereocenters. The molecule has 0 aromatic carbocycles. The lowest BCUT2D eigenvalue weighted by atomic mass is 10.0. The first-order valence-corrected chi connectivity index (χ1v) is 9.36. The van der Waals surface area contributed by atoms with Crippen molar-refractivity contribution in [3.8, 4) is 0 Å². The van der Waals surface area contributed by atoms with E-state index in [1.807, 2.05) is 0 Å². The number of unbranched alkanes of at least 4 members (excludes halogenated alkanes) is 13. The van der Waals surface area contributed by atoms with E-state index in [2.05, 4.69) is 28.1 Å². The number of nitrogens with zero attached hydrogens (tertiary/aromatic N) is 1. The minimum Gasteiger partial charge on any atom is -1.00 e. The van der Waals surface area contributed by atoms with Gasteiger partial charge in [0.2, 0.25) is 0 Å². The van der Waals surface area contributed by atoms with Crippen molar-refractivity contribution in [2.45, 2.75) is 96.8 Å². The molecule has 4 heteroatoms. The van der Waals surface area contributed by atoms with E-state index in [-0.39, 0.29) is 28.6 Å². The van der Waals surface area contributed by atoms with Gasteiger partial charge in [-0.1, -0.05) is 84.0 Å². The van der Waals surface area contributed by atoms with Gasteiger partial charge < -0.3 is 33.1 Å². The van der Waals surface area contributed by atoms with E-state index in [9.17, 15) is 0 Å². The molecule has 23 heavy (non-hydrogen) atoms. The fraction of sp³-hybridized carbons (Fsp3) is 1.00.